The Morgan fingerprint density at radius 3 is 2.08 bits per heavy atom. The van der Waals surface area contributed by atoms with Gasteiger partial charge < -0.3 is 0 Å². The van der Waals surface area contributed by atoms with Crippen LogP contribution < -0.4 is 0 Å². The molecule has 0 unspecified atom stereocenters. The highest BCUT2D eigenvalue weighted by Crippen LogP contribution is 2.33. The third-order valence-corrected chi connectivity index (χ3v) is 4.59. The van der Waals surface area contributed by atoms with Crippen LogP contribution in [-0.4, -0.2) is 22.8 Å². The summed E-state index contributed by atoms with van der Waals surface area (Å²) in [6.07, 6.45) is -4.63. The number of aryl methyl sites for hydroxylation is 1. The fourth-order valence-corrected chi connectivity index (χ4v) is 2.89. The Balaban J connectivity index is 2.16. The molecule has 0 fully saturated rings. The molecule has 1 aromatic heterocycles. The zero-order chi connectivity index (χ0) is 19.1. The lowest BCUT2D eigenvalue weighted by Gasteiger charge is -2.08. The van der Waals surface area contributed by atoms with Crippen LogP contribution in [0.25, 0.3) is 16.9 Å². The van der Waals surface area contributed by atoms with Crippen LogP contribution >= 0.6 is 0 Å². The van der Waals surface area contributed by atoms with Gasteiger partial charge >= 0.3 is 6.18 Å². The number of rotatable bonds is 3. The molecule has 9 heteroatoms. The number of alkyl halides is 3. The SMILES string of the molecule is Cc1ccc(-c2cc(C(F)(F)F)nn2-c2ccc(S(=O)(=O)O)cc2)cc1. The van der Waals surface area contributed by atoms with E-state index >= 15 is 0 Å². The fourth-order valence-electron chi connectivity index (χ4n) is 2.41. The largest absolute Gasteiger partial charge is 0.435 e. The Morgan fingerprint density at radius 1 is 1.00 bits per heavy atom. The van der Waals surface area contributed by atoms with Gasteiger partial charge in [0, 0.05) is 5.56 Å². The molecule has 0 aliphatic carbocycles. The molecule has 5 nitrogen and oxygen atoms in total. The monoisotopic (exact) mass is 382 g/mol. The van der Waals surface area contributed by atoms with Crippen molar-refractivity contribution in [3.63, 3.8) is 0 Å². The lowest BCUT2D eigenvalue weighted by Crippen LogP contribution is -2.07. The van der Waals surface area contributed by atoms with Crippen LogP contribution in [0.5, 0.6) is 0 Å². The van der Waals surface area contributed by atoms with Gasteiger partial charge in [-0.05, 0) is 37.3 Å². The van der Waals surface area contributed by atoms with Gasteiger partial charge in [-0.3, -0.25) is 4.55 Å². The van der Waals surface area contributed by atoms with Crippen LogP contribution in [0.15, 0.2) is 59.5 Å². The predicted octanol–water partition coefficient (Wildman–Crippen LogP) is 4.11. The van der Waals surface area contributed by atoms with Crippen molar-refractivity contribution in [1.29, 1.82) is 0 Å². The molecule has 0 atom stereocenters. The maximum atomic E-state index is 13.1. The first kappa shape index (κ1) is 18.2. The molecule has 0 aliphatic rings. The number of benzene rings is 2. The van der Waals surface area contributed by atoms with Gasteiger partial charge in [-0.2, -0.15) is 26.7 Å². The van der Waals surface area contributed by atoms with Gasteiger partial charge in [0.25, 0.3) is 10.1 Å². The van der Waals surface area contributed by atoms with Crippen LogP contribution in [-0.2, 0) is 16.3 Å². The molecular weight excluding hydrogens is 369 g/mol. The zero-order valence-electron chi connectivity index (χ0n) is 13.4. The van der Waals surface area contributed by atoms with Crippen molar-refractivity contribution in [2.24, 2.45) is 0 Å². The molecule has 3 aromatic rings. The van der Waals surface area contributed by atoms with Crippen LogP contribution in [0.1, 0.15) is 11.3 Å². The quantitative estimate of drug-likeness (QED) is 0.692. The lowest BCUT2D eigenvalue weighted by atomic mass is 10.1. The summed E-state index contributed by atoms with van der Waals surface area (Å²) in [7, 11) is -4.40. The lowest BCUT2D eigenvalue weighted by molar-refractivity contribution is -0.141. The molecular formula is C17H13F3N2O3S. The predicted molar refractivity (Wildman–Crippen MR) is 88.6 cm³/mol. The van der Waals surface area contributed by atoms with Crippen molar-refractivity contribution in [2.75, 3.05) is 0 Å². The highest BCUT2D eigenvalue weighted by atomic mass is 32.2. The third kappa shape index (κ3) is 3.63. The van der Waals surface area contributed by atoms with E-state index in [4.69, 9.17) is 4.55 Å². The van der Waals surface area contributed by atoms with E-state index in [1.807, 2.05) is 6.92 Å². The molecule has 136 valence electrons. The number of halogens is 3. The third-order valence-electron chi connectivity index (χ3n) is 3.73. The molecule has 1 heterocycles. The van der Waals surface area contributed by atoms with Gasteiger partial charge in [0.05, 0.1) is 16.3 Å². The summed E-state index contributed by atoms with van der Waals surface area (Å²) >= 11 is 0. The summed E-state index contributed by atoms with van der Waals surface area (Å²) in [4.78, 5) is -0.360. The van der Waals surface area contributed by atoms with Gasteiger partial charge in [-0.15, -0.1) is 0 Å². The van der Waals surface area contributed by atoms with E-state index in [9.17, 15) is 21.6 Å². The molecule has 0 radical (unpaired) electrons. The van der Waals surface area contributed by atoms with Crippen molar-refractivity contribution >= 4 is 10.1 Å². The Kier molecular flexibility index (Phi) is 4.37. The summed E-state index contributed by atoms with van der Waals surface area (Å²) in [5.74, 6) is 0. The molecule has 3 rings (SSSR count). The minimum Gasteiger partial charge on any atom is -0.282 e. The first-order valence-electron chi connectivity index (χ1n) is 7.38. The van der Waals surface area contributed by atoms with E-state index in [2.05, 4.69) is 5.10 Å². The van der Waals surface area contributed by atoms with Crippen molar-refractivity contribution in [1.82, 2.24) is 9.78 Å². The van der Waals surface area contributed by atoms with Crippen LogP contribution in [0.3, 0.4) is 0 Å². The van der Waals surface area contributed by atoms with Crippen LogP contribution in [0.2, 0.25) is 0 Å². The first-order valence-corrected chi connectivity index (χ1v) is 8.82. The topological polar surface area (TPSA) is 72.2 Å². The van der Waals surface area contributed by atoms with E-state index in [-0.39, 0.29) is 16.3 Å². The average Bonchev–Trinajstić information content (AvgIpc) is 3.00. The minimum atomic E-state index is -4.63. The van der Waals surface area contributed by atoms with E-state index in [0.29, 0.717) is 5.56 Å². The Hall–Kier alpha value is -2.65. The number of nitrogens with zero attached hydrogens (tertiary/aromatic N) is 2. The summed E-state index contributed by atoms with van der Waals surface area (Å²) in [6.45, 7) is 1.86. The Bertz CT molecular complexity index is 1040. The second kappa shape index (κ2) is 6.26. The normalized spacial score (nSPS) is 12.3. The molecule has 0 spiro atoms. The van der Waals surface area contributed by atoms with Crippen molar-refractivity contribution in [3.8, 4) is 16.9 Å². The molecule has 1 N–H and O–H groups in total. The summed E-state index contributed by atoms with van der Waals surface area (Å²) in [5, 5.41) is 3.62. The second-order valence-electron chi connectivity index (χ2n) is 5.66. The average molecular weight is 382 g/mol. The van der Waals surface area contributed by atoms with E-state index in [1.165, 1.54) is 12.1 Å². The summed E-state index contributed by atoms with van der Waals surface area (Å²) in [5.41, 5.74) is 0.846. The molecule has 2 aromatic carbocycles. The molecule has 0 aliphatic heterocycles. The van der Waals surface area contributed by atoms with E-state index in [1.54, 1.807) is 24.3 Å². The molecule has 0 saturated carbocycles. The van der Waals surface area contributed by atoms with E-state index < -0.39 is 22.0 Å². The maximum Gasteiger partial charge on any atom is 0.435 e. The van der Waals surface area contributed by atoms with Gasteiger partial charge in [-0.25, -0.2) is 4.68 Å². The molecule has 0 saturated heterocycles. The summed E-state index contributed by atoms with van der Waals surface area (Å²) in [6, 6.07) is 12.5. The molecule has 26 heavy (non-hydrogen) atoms. The van der Waals surface area contributed by atoms with Gasteiger partial charge in [-0.1, -0.05) is 29.8 Å². The van der Waals surface area contributed by atoms with Gasteiger partial charge in [0.15, 0.2) is 5.69 Å². The van der Waals surface area contributed by atoms with Crippen molar-refractivity contribution < 1.29 is 26.1 Å². The highest BCUT2D eigenvalue weighted by molar-refractivity contribution is 7.85. The smallest absolute Gasteiger partial charge is 0.282 e. The minimum absolute atomic E-state index is 0.205. The van der Waals surface area contributed by atoms with Crippen LogP contribution in [0, 0.1) is 6.92 Å². The van der Waals surface area contributed by atoms with Gasteiger partial charge in [0.1, 0.15) is 0 Å². The number of aromatic nitrogens is 2. The van der Waals surface area contributed by atoms with Gasteiger partial charge in [0.2, 0.25) is 0 Å². The van der Waals surface area contributed by atoms with E-state index in [0.717, 1.165) is 28.4 Å². The Morgan fingerprint density at radius 2 is 1.58 bits per heavy atom. The maximum absolute atomic E-state index is 13.1. The zero-order valence-corrected chi connectivity index (χ0v) is 14.2. The first-order chi connectivity index (χ1) is 12.1. The fraction of sp³-hybridized carbons (Fsp3) is 0.118. The van der Waals surface area contributed by atoms with Crippen LogP contribution in [0.4, 0.5) is 13.2 Å². The molecule has 0 amide bonds. The van der Waals surface area contributed by atoms with Crippen molar-refractivity contribution in [3.05, 3.63) is 65.9 Å². The molecule has 0 bridgehead atoms. The summed E-state index contributed by atoms with van der Waals surface area (Å²) < 4.78 is 71.7. The number of hydrogen-bond acceptors (Lipinski definition) is 3. The second-order valence-corrected chi connectivity index (χ2v) is 7.08. The highest BCUT2D eigenvalue weighted by Gasteiger charge is 2.35. The Labute approximate surface area is 147 Å². The van der Waals surface area contributed by atoms with Crippen molar-refractivity contribution in [2.45, 2.75) is 18.0 Å². The standard InChI is InChI=1S/C17H13F3N2O3S/c1-11-2-4-12(5-3-11)15-10-16(17(18,19)20)21-22(15)13-6-8-14(9-7-13)26(23,24)25/h2-10H,1H3,(H,23,24,25). The number of hydrogen-bond donors (Lipinski definition) is 1.